The van der Waals surface area contributed by atoms with Crippen molar-refractivity contribution in [1.82, 2.24) is 24.8 Å². The minimum Gasteiger partial charge on any atom is -0.338 e. The number of piperazine rings is 1. The first kappa shape index (κ1) is 22.7. The minimum atomic E-state index is 0.293. The maximum Gasteiger partial charge on any atom is 0.234 e. The smallest absolute Gasteiger partial charge is 0.234 e. The topological polar surface area (TPSA) is 87.1 Å². The van der Waals surface area contributed by atoms with E-state index in [0.29, 0.717) is 41.0 Å². The highest BCUT2D eigenvalue weighted by atomic mass is 32.2. The maximum atomic E-state index is 12.1. The average Bonchev–Trinajstić information content (AvgIpc) is 3.68. The molecular weight excluding hydrogens is 446 g/mol. The van der Waals surface area contributed by atoms with Crippen molar-refractivity contribution in [1.29, 1.82) is 0 Å². The number of ketones is 1. The van der Waals surface area contributed by atoms with Crippen LogP contribution >= 0.6 is 11.8 Å². The van der Waals surface area contributed by atoms with E-state index < -0.39 is 0 Å². The van der Waals surface area contributed by atoms with Gasteiger partial charge in [0.2, 0.25) is 11.9 Å². The van der Waals surface area contributed by atoms with Crippen LogP contribution in [0.5, 0.6) is 0 Å². The Morgan fingerprint density at radius 1 is 1.03 bits per heavy atom. The normalized spacial score (nSPS) is 16.5. The Labute approximate surface area is 204 Å². The molecule has 3 aromatic rings. The number of rotatable bonds is 8. The molecule has 1 saturated carbocycles. The molecule has 0 radical (unpaired) electrons. The number of nitrogens with one attached hydrogen (secondary N) is 1. The second-order valence-corrected chi connectivity index (χ2v) is 10.1. The van der Waals surface area contributed by atoms with E-state index in [-0.39, 0.29) is 0 Å². The van der Waals surface area contributed by atoms with Gasteiger partial charge >= 0.3 is 0 Å². The molecule has 0 atom stereocenters. The molecule has 176 valence electrons. The number of benzene rings is 1. The van der Waals surface area contributed by atoms with Gasteiger partial charge in [-0.1, -0.05) is 18.2 Å². The van der Waals surface area contributed by atoms with Gasteiger partial charge in [-0.05, 0) is 67.9 Å². The fourth-order valence-electron chi connectivity index (χ4n) is 3.78. The van der Waals surface area contributed by atoms with Gasteiger partial charge in [0.1, 0.15) is 11.6 Å². The summed E-state index contributed by atoms with van der Waals surface area (Å²) in [6.07, 6.45) is 4.44. The second-order valence-electron chi connectivity index (χ2n) is 9.04. The van der Waals surface area contributed by atoms with Crippen molar-refractivity contribution in [2.24, 2.45) is 5.92 Å². The lowest BCUT2D eigenvalue weighted by Gasteiger charge is -2.32. The monoisotopic (exact) mass is 475 g/mol. The molecule has 3 heterocycles. The van der Waals surface area contributed by atoms with Crippen LogP contribution in [-0.2, 0) is 11.2 Å². The predicted octanol–water partition coefficient (Wildman–Crippen LogP) is 3.74. The zero-order valence-corrected chi connectivity index (χ0v) is 20.4. The first-order chi connectivity index (χ1) is 16.5. The molecule has 0 bridgehead atoms. The molecule has 1 aliphatic heterocycles. The Hall–Kier alpha value is -3.04. The van der Waals surface area contributed by atoms with E-state index in [1.807, 2.05) is 49.5 Å². The molecule has 0 amide bonds. The lowest BCUT2D eigenvalue weighted by molar-refractivity contribution is -0.119. The Morgan fingerprint density at radius 2 is 1.79 bits per heavy atom. The Balaban J connectivity index is 1.35. The van der Waals surface area contributed by atoms with E-state index in [9.17, 15) is 4.79 Å². The third-order valence-electron chi connectivity index (χ3n) is 6.08. The van der Waals surface area contributed by atoms with E-state index in [0.717, 1.165) is 55.0 Å². The van der Waals surface area contributed by atoms with Crippen LogP contribution in [-0.4, -0.2) is 63.8 Å². The molecule has 9 heteroatoms. The van der Waals surface area contributed by atoms with Gasteiger partial charge in [0.15, 0.2) is 5.16 Å². The van der Waals surface area contributed by atoms with Crippen molar-refractivity contribution in [3.8, 4) is 0 Å². The molecule has 2 fully saturated rings. The second kappa shape index (κ2) is 10.1. The number of hydrogen-bond donors (Lipinski definition) is 1. The zero-order valence-electron chi connectivity index (χ0n) is 19.6. The Kier molecular flexibility index (Phi) is 6.73. The van der Waals surface area contributed by atoms with Crippen molar-refractivity contribution in [3.63, 3.8) is 0 Å². The number of likely N-dealkylation sites (N-methyl/N-ethyl adjacent to an activating group) is 1. The Bertz CT molecular complexity index is 1140. The highest BCUT2D eigenvalue weighted by molar-refractivity contribution is 7.99. The van der Waals surface area contributed by atoms with E-state index in [1.165, 1.54) is 11.8 Å². The summed E-state index contributed by atoms with van der Waals surface area (Å²) in [4.78, 5) is 36.2. The van der Waals surface area contributed by atoms with Crippen molar-refractivity contribution in [3.05, 3.63) is 53.7 Å². The number of Topliss-reactive ketones (excluding diaryl/α,β-unsaturated/α-hetero) is 1. The minimum absolute atomic E-state index is 0.293. The average molecular weight is 476 g/mol. The van der Waals surface area contributed by atoms with E-state index in [1.54, 1.807) is 0 Å². The number of nitrogens with zero attached hydrogens (tertiary/aromatic N) is 6. The molecule has 5 rings (SSSR count). The largest absolute Gasteiger partial charge is 0.338 e. The van der Waals surface area contributed by atoms with Crippen LogP contribution in [0.1, 0.15) is 24.0 Å². The van der Waals surface area contributed by atoms with Gasteiger partial charge in [0.25, 0.3) is 0 Å². The molecular formula is C25H29N7OS. The number of anilines is 3. The summed E-state index contributed by atoms with van der Waals surface area (Å²) in [5.41, 5.74) is 2.15. The molecule has 2 aromatic heterocycles. The number of aryl methyl sites for hydroxylation is 1. The van der Waals surface area contributed by atoms with Crippen LogP contribution in [0.15, 0.2) is 52.6 Å². The van der Waals surface area contributed by atoms with Gasteiger partial charge in [0, 0.05) is 49.6 Å². The van der Waals surface area contributed by atoms with Crippen molar-refractivity contribution in [2.75, 3.05) is 43.4 Å². The number of hydrogen-bond acceptors (Lipinski definition) is 9. The summed E-state index contributed by atoms with van der Waals surface area (Å²) in [6.45, 7) is 5.69. The summed E-state index contributed by atoms with van der Waals surface area (Å²) in [5.74, 6) is 2.50. The molecule has 1 aromatic carbocycles. The van der Waals surface area contributed by atoms with E-state index in [4.69, 9.17) is 9.97 Å². The standard InChI is InChI=1S/C25H29N7OS/c1-17-3-10-22(26-16-17)27-23-28-24(32-13-11-31(2)12-14-32)30-25(29-23)34-20-8-4-18(5-9-20)15-21(33)19-6-7-19/h3-5,8-10,16,19H,6-7,11-15H2,1-2H3,(H,26,27,28,29,30). The first-order valence-electron chi connectivity index (χ1n) is 11.7. The summed E-state index contributed by atoms with van der Waals surface area (Å²) in [6, 6.07) is 12.1. The third kappa shape index (κ3) is 5.90. The summed E-state index contributed by atoms with van der Waals surface area (Å²) in [7, 11) is 2.13. The van der Waals surface area contributed by atoms with Crippen molar-refractivity contribution in [2.45, 2.75) is 36.2 Å². The number of carbonyl (C=O) groups excluding carboxylic acids is 1. The van der Waals surface area contributed by atoms with Crippen LogP contribution in [0.4, 0.5) is 17.7 Å². The summed E-state index contributed by atoms with van der Waals surface area (Å²) >= 11 is 1.50. The van der Waals surface area contributed by atoms with Gasteiger partial charge < -0.3 is 15.1 Å². The first-order valence-corrected chi connectivity index (χ1v) is 12.5. The van der Waals surface area contributed by atoms with Crippen LogP contribution < -0.4 is 10.2 Å². The molecule has 0 spiro atoms. The lowest BCUT2D eigenvalue weighted by Crippen LogP contribution is -2.45. The fraction of sp³-hybridized carbons (Fsp3) is 0.400. The zero-order chi connectivity index (χ0) is 23.5. The molecule has 1 N–H and O–H groups in total. The molecule has 34 heavy (non-hydrogen) atoms. The lowest BCUT2D eigenvalue weighted by atomic mass is 10.1. The quantitative estimate of drug-likeness (QED) is 0.523. The Morgan fingerprint density at radius 3 is 2.47 bits per heavy atom. The predicted molar refractivity (Wildman–Crippen MR) is 134 cm³/mol. The van der Waals surface area contributed by atoms with Crippen molar-refractivity contribution < 1.29 is 4.79 Å². The van der Waals surface area contributed by atoms with E-state index >= 15 is 0 Å². The third-order valence-corrected chi connectivity index (χ3v) is 6.96. The molecule has 1 aliphatic carbocycles. The van der Waals surface area contributed by atoms with Gasteiger partial charge in [-0.15, -0.1) is 0 Å². The van der Waals surface area contributed by atoms with Crippen LogP contribution in [0.25, 0.3) is 0 Å². The number of carbonyl (C=O) groups is 1. The highest BCUT2D eigenvalue weighted by Gasteiger charge is 2.29. The molecule has 8 nitrogen and oxygen atoms in total. The van der Waals surface area contributed by atoms with Gasteiger partial charge in [-0.2, -0.15) is 15.0 Å². The highest BCUT2D eigenvalue weighted by Crippen LogP contribution is 2.32. The molecule has 0 unspecified atom stereocenters. The van der Waals surface area contributed by atoms with Crippen molar-refractivity contribution >= 4 is 35.3 Å². The number of pyridine rings is 1. The van der Waals surface area contributed by atoms with Gasteiger partial charge in [-0.3, -0.25) is 4.79 Å². The maximum absolute atomic E-state index is 12.1. The number of aromatic nitrogens is 4. The van der Waals surface area contributed by atoms with Gasteiger partial charge in [-0.25, -0.2) is 4.98 Å². The van der Waals surface area contributed by atoms with Crippen LogP contribution in [0.3, 0.4) is 0 Å². The fourth-order valence-corrected chi connectivity index (χ4v) is 4.53. The summed E-state index contributed by atoms with van der Waals surface area (Å²) < 4.78 is 0. The van der Waals surface area contributed by atoms with E-state index in [2.05, 4.69) is 32.1 Å². The van der Waals surface area contributed by atoms with Crippen LogP contribution in [0.2, 0.25) is 0 Å². The van der Waals surface area contributed by atoms with Gasteiger partial charge in [0.05, 0.1) is 0 Å². The molecule has 1 saturated heterocycles. The van der Waals surface area contributed by atoms with Crippen LogP contribution in [0, 0.1) is 12.8 Å². The summed E-state index contributed by atoms with van der Waals surface area (Å²) in [5, 5.41) is 3.86. The SMILES string of the molecule is Cc1ccc(Nc2nc(Sc3ccc(CC(=O)C4CC4)cc3)nc(N3CCN(C)CC3)n2)nc1. The molecule has 2 aliphatic rings.